The van der Waals surface area contributed by atoms with Gasteiger partial charge in [0.2, 0.25) is 0 Å². The highest BCUT2D eigenvalue weighted by atomic mass is 35.5. The molecule has 2 aliphatic heterocycles. The second-order valence-electron chi connectivity index (χ2n) is 8.99. The van der Waals surface area contributed by atoms with E-state index in [2.05, 4.69) is 29.0 Å². The molecule has 3 heterocycles. The van der Waals surface area contributed by atoms with Gasteiger partial charge in [-0.1, -0.05) is 25.4 Å². The number of halogens is 2. The van der Waals surface area contributed by atoms with Crippen LogP contribution in [0.25, 0.3) is 0 Å². The van der Waals surface area contributed by atoms with Crippen LogP contribution in [-0.4, -0.2) is 50.5 Å². The summed E-state index contributed by atoms with van der Waals surface area (Å²) in [6, 6.07) is 2.36. The summed E-state index contributed by atoms with van der Waals surface area (Å²) in [4.78, 5) is 6.05. The summed E-state index contributed by atoms with van der Waals surface area (Å²) in [5, 5.41) is 5.40. The first-order chi connectivity index (χ1) is 14.0. The highest BCUT2D eigenvalue weighted by molar-refractivity contribution is 7.93. The normalized spacial score (nSPS) is 23.5. The number of nitrogens with one attached hydrogen (secondary N) is 1. The van der Waals surface area contributed by atoms with Crippen LogP contribution in [0.3, 0.4) is 0 Å². The van der Waals surface area contributed by atoms with Gasteiger partial charge in [-0.3, -0.25) is 4.90 Å². The molecule has 1 aromatic heterocycles. The lowest BCUT2D eigenvalue weighted by Gasteiger charge is -2.33. The van der Waals surface area contributed by atoms with Crippen LogP contribution in [0.4, 0.5) is 15.2 Å². The van der Waals surface area contributed by atoms with Gasteiger partial charge in [-0.25, -0.2) is 22.1 Å². The fourth-order valence-electron chi connectivity index (χ4n) is 4.91. The maximum Gasteiger partial charge on any atom is 0.268 e. The first-order valence-electron chi connectivity index (χ1n) is 9.91. The number of anilines is 2. The average molecular weight is 473 g/mol. The van der Waals surface area contributed by atoms with Crippen molar-refractivity contribution in [1.82, 2.24) is 9.88 Å². The van der Waals surface area contributed by atoms with Gasteiger partial charge in [-0.05, 0) is 43.4 Å². The Morgan fingerprint density at radius 1 is 1.40 bits per heavy atom. The molecule has 0 radical (unpaired) electrons. The van der Waals surface area contributed by atoms with E-state index in [1.807, 2.05) is 0 Å². The maximum absolute atomic E-state index is 14.9. The molecular formula is C20H26ClFN4O2S2. The second-order valence-corrected chi connectivity index (χ2v) is 12.2. The van der Waals surface area contributed by atoms with Crippen LogP contribution in [0.2, 0.25) is 5.02 Å². The van der Waals surface area contributed by atoms with Crippen LogP contribution < -0.4 is 9.62 Å². The Morgan fingerprint density at radius 3 is 2.87 bits per heavy atom. The molecule has 0 unspecified atom stereocenters. The van der Waals surface area contributed by atoms with Gasteiger partial charge in [0.25, 0.3) is 10.0 Å². The highest BCUT2D eigenvalue weighted by Crippen LogP contribution is 2.47. The number of hydrogen-bond acceptors (Lipinski definition) is 6. The van der Waals surface area contributed by atoms with Crippen molar-refractivity contribution in [3.05, 3.63) is 34.5 Å². The molecule has 30 heavy (non-hydrogen) atoms. The summed E-state index contributed by atoms with van der Waals surface area (Å²) in [5.41, 5.74) is 0.699. The van der Waals surface area contributed by atoms with Gasteiger partial charge in [0.15, 0.2) is 5.13 Å². The van der Waals surface area contributed by atoms with E-state index in [4.69, 9.17) is 11.6 Å². The molecule has 1 atom stereocenters. The molecule has 0 saturated carbocycles. The van der Waals surface area contributed by atoms with Crippen LogP contribution in [0.5, 0.6) is 0 Å². The minimum atomic E-state index is -4.11. The molecule has 10 heteroatoms. The van der Waals surface area contributed by atoms with E-state index in [0.29, 0.717) is 12.2 Å². The molecule has 1 N–H and O–H groups in total. The van der Waals surface area contributed by atoms with Crippen molar-refractivity contribution < 1.29 is 12.8 Å². The quantitative estimate of drug-likeness (QED) is 0.673. The molecular weight excluding hydrogens is 447 g/mol. The van der Waals surface area contributed by atoms with E-state index in [-0.39, 0.29) is 21.1 Å². The Kier molecular flexibility index (Phi) is 5.53. The first kappa shape index (κ1) is 21.8. The molecule has 2 fully saturated rings. The maximum atomic E-state index is 14.9. The second kappa shape index (κ2) is 7.62. The lowest BCUT2D eigenvalue weighted by atomic mass is 9.82. The fourth-order valence-corrected chi connectivity index (χ4v) is 7.26. The fraction of sp³-hybridized carbons (Fsp3) is 0.550. The van der Waals surface area contributed by atoms with Crippen LogP contribution in [0.1, 0.15) is 33.1 Å². The molecule has 0 amide bonds. The molecule has 6 nitrogen and oxygen atoms in total. The Morgan fingerprint density at radius 2 is 2.17 bits per heavy atom. The third-order valence-electron chi connectivity index (χ3n) is 6.12. The van der Waals surface area contributed by atoms with Gasteiger partial charge in [0.1, 0.15) is 10.7 Å². The SMILES string of the molecule is CN(c1nccs1)S(=O)(=O)c1cc(Cl)c(NC[C@]23CCCN2CC(C)(C)C3)cc1F. The number of sulfonamides is 1. The standard InChI is InChI=1S/C20H26ClFN4O2S2/c1-19(2)11-20(5-4-7-26(20)13-19)12-24-16-10-15(22)17(9-14(16)21)30(27,28)25(3)18-23-6-8-29-18/h6,8-10,24H,4-5,7,11-13H2,1-3H3/t20-/m1/s1. The number of fused-ring (bicyclic) bond motifs is 1. The lowest BCUT2D eigenvalue weighted by molar-refractivity contribution is 0.209. The summed E-state index contributed by atoms with van der Waals surface area (Å²) in [6.07, 6.45) is 4.81. The summed E-state index contributed by atoms with van der Waals surface area (Å²) in [6.45, 7) is 7.34. The predicted molar refractivity (Wildman–Crippen MR) is 120 cm³/mol. The van der Waals surface area contributed by atoms with Gasteiger partial charge in [0, 0.05) is 37.3 Å². The van der Waals surface area contributed by atoms with E-state index in [1.165, 1.54) is 25.4 Å². The molecule has 0 bridgehead atoms. The van der Waals surface area contributed by atoms with Crippen molar-refractivity contribution in [2.45, 2.75) is 43.5 Å². The topological polar surface area (TPSA) is 65.5 Å². The molecule has 0 aliphatic carbocycles. The monoisotopic (exact) mass is 472 g/mol. The van der Waals surface area contributed by atoms with E-state index in [1.54, 1.807) is 5.38 Å². The van der Waals surface area contributed by atoms with Crippen LogP contribution >= 0.6 is 22.9 Å². The van der Waals surface area contributed by atoms with Crippen molar-refractivity contribution in [3.8, 4) is 0 Å². The number of rotatable bonds is 6. The zero-order chi connectivity index (χ0) is 21.7. The number of thiazole rings is 1. The summed E-state index contributed by atoms with van der Waals surface area (Å²) in [5.74, 6) is -0.835. The van der Waals surface area contributed by atoms with Gasteiger partial charge in [-0.15, -0.1) is 11.3 Å². The molecule has 2 saturated heterocycles. The van der Waals surface area contributed by atoms with E-state index in [9.17, 15) is 12.8 Å². The summed E-state index contributed by atoms with van der Waals surface area (Å²) in [7, 11) is -2.76. The Hall–Kier alpha value is -1.42. The summed E-state index contributed by atoms with van der Waals surface area (Å²) >= 11 is 7.54. The molecule has 4 rings (SSSR count). The lowest BCUT2D eigenvalue weighted by Crippen LogP contribution is -2.44. The molecule has 2 aliphatic rings. The number of benzene rings is 1. The van der Waals surface area contributed by atoms with Crippen LogP contribution in [0, 0.1) is 11.2 Å². The molecule has 2 aromatic rings. The van der Waals surface area contributed by atoms with Crippen LogP contribution in [-0.2, 0) is 10.0 Å². The molecule has 1 aromatic carbocycles. The van der Waals surface area contributed by atoms with Gasteiger partial charge in [-0.2, -0.15) is 0 Å². The Bertz CT molecular complexity index is 1050. The zero-order valence-corrected chi connectivity index (χ0v) is 19.7. The van der Waals surface area contributed by atoms with E-state index in [0.717, 1.165) is 48.0 Å². The summed E-state index contributed by atoms with van der Waals surface area (Å²) < 4.78 is 41.6. The van der Waals surface area contributed by atoms with Crippen molar-refractivity contribution in [1.29, 1.82) is 0 Å². The highest BCUT2D eigenvalue weighted by Gasteiger charge is 2.51. The minimum absolute atomic E-state index is 0.0408. The Labute approximate surface area is 186 Å². The largest absolute Gasteiger partial charge is 0.382 e. The average Bonchev–Trinajstić information content (AvgIpc) is 3.36. The van der Waals surface area contributed by atoms with Gasteiger partial charge in [0.05, 0.1) is 10.7 Å². The Balaban J connectivity index is 1.56. The molecule has 164 valence electrons. The first-order valence-corrected chi connectivity index (χ1v) is 12.6. The van der Waals surface area contributed by atoms with Gasteiger partial charge >= 0.3 is 0 Å². The zero-order valence-electron chi connectivity index (χ0n) is 17.3. The third-order valence-corrected chi connectivity index (χ3v) is 9.16. The smallest absolute Gasteiger partial charge is 0.268 e. The van der Waals surface area contributed by atoms with E-state index >= 15 is 0 Å². The molecule has 0 spiro atoms. The van der Waals surface area contributed by atoms with Crippen molar-refractivity contribution in [3.63, 3.8) is 0 Å². The van der Waals surface area contributed by atoms with Crippen molar-refractivity contribution in [2.75, 3.05) is 36.3 Å². The number of nitrogens with zero attached hydrogens (tertiary/aromatic N) is 3. The van der Waals surface area contributed by atoms with E-state index < -0.39 is 20.7 Å². The third kappa shape index (κ3) is 3.81. The van der Waals surface area contributed by atoms with Gasteiger partial charge < -0.3 is 5.32 Å². The number of aromatic nitrogens is 1. The van der Waals surface area contributed by atoms with Crippen LogP contribution in [0.15, 0.2) is 28.6 Å². The van der Waals surface area contributed by atoms with Crippen molar-refractivity contribution in [2.24, 2.45) is 5.41 Å². The predicted octanol–water partition coefficient (Wildman–Crippen LogP) is 4.44. The minimum Gasteiger partial charge on any atom is -0.382 e. The van der Waals surface area contributed by atoms with Crippen molar-refractivity contribution >= 4 is 43.8 Å². The number of hydrogen-bond donors (Lipinski definition) is 1.